The van der Waals surface area contributed by atoms with Gasteiger partial charge in [0.25, 0.3) is 0 Å². The standard InChI is InChI=1S/C18H29NO2/c1-4-5-6-7-8-9-10-11-18(20)19-16-14-15(2)12-13-17(16)21-3/h12-14H,4-11H2,1-3H3,(H,19,20). The van der Waals surface area contributed by atoms with Gasteiger partial charge in [0.1, 0.15) is 5.75 Å². The highest BCUT2D eigenvalue weighted by atomic mass is 16.5. The van der Waals surface area contributed by atoms with Gasteiger partial charge in [0.05, 0.1) is 12.8 Å². The van der Waals surface area contributed by atoms with Crippen molar-refractivity contribution in [2.75, 3.05) is 12.4 Å². The number of anilines is 1. The number of nitrogens with one attached hydrogen (secondary N) is 1. The minimum atomic E-state index is 0.0764. The molecule has 0 aliphatic heterocycles. The van der Waals surface area contributed by atoms with Crippen LogP contribution in [0, 0.1) is 6.92 Å². The van der Waals surface area contributed by atoms with Gasteiger partial charge in [-0.15, -0.1) is 0 Å². The molecule has 1 aromatic carbocycles. The van der Waals surface area contributed by atoms with Crippen LogP contribution in [0.2, 0.25) is 0 Å². The fraction of sp³-hybridized carbons (Fsp3) is 0.611. The number of hydrogen-bond donors (Lipinski definition) is 1. The van der Waals surface area contributed by atoms with E-state index in [1.165, 1.54) is 32.1 Å². The number of rotatable bonds is 10. The molecule has 3 nitrogen and oxygen atoms in total. The van der Waals surface area contributed by atoms with Gasteiger partial charge in [-0.05, 0) is 31.0 Å². The first-order chi connectivity index (χ1) is 10.2. The summed E-state index contributed by atoms with van der Waals surface area (Å²) in [5.74, 6) is 0.793. The van der Waals surface area contributed by atoms with E-state index in [0.717, 1.165) is 24.1 Å². The molecule has 0 radical (unpaired) electrons. The second kappa shape index (κ2) is 10.3. The first kappa shape index (κ1) is 17.5. The fourth-order valence-corrected chi connectivity index (χ4v) is 2.37. The number of aryl methyl sites for hydroxylation is 1. The van der Waals surface area contributed by atoms with E-state index in [0.29, 0.717) is 12.2 Å². The van der Waals surface area contributed by atoms with Gasteiger partial charge in [-0.3, -0.25) is 4.79 Å². The van der Waals surface area contributed by atoms with Gasteiger partial charge < -0.3 is 10.1 Å². The fourth-order valence-electron chi connectivity index (χ4n) is 2.37. The minimum absolute atomic E-state index is 0.0764. The summed E-state index contributed by atoms with van der Waals surface area (Å²) in [5, 5.41) is 2.95. The van der Waals surface area contributed by atoms with Crippen LogP contribution in [0.25, 0.3) is 0 Å². The number of carbonyl (C=O) groups excluding carboxylic acids is 1. The Balaban J connectivity index is 2.26. The first-order valence-electron chi connectivity index (χ1n) is 8.12. The van der Waals surface area contributed by atoms with Crippen LogP contribution in [0.4, 0.5) is 5.69 Å². The summed E-state index contributed by atoms with van der Waals surface area (Å²) in [7, 11) is 1.62. The summed E-state index contributed by atoms with van der Waals surface area (Å²) in [6.07, 6.45) is 9.15. The molecule has 0 aliphatic carbocycles. The van der Waals surface area contributed by atoms with Crippen molar-refractivity contribution >= 4 is 11.6 Å². The van der Waals surface area contributed by atoms with E-state index in [1.54, 1.807) is 7.11 Å². The summed E-state index contributed by atoms with van der Waals surface area (Å²) in [6, 6.07) is 5.81. The number of ether oxygens (including phenoxy) is 1. The molecule has 0 heterocycles. The number of amides is 1. The molecule has 1 aromatic rings. The Bertz CT molecular complexity index is 429. The lowest BCUT2D eigenvalue weighted by molar-refractivity contribution is -0.116. The van der Waals surface area contributed by atoms with E-state index in [2.05, 4.69) is 12.2 Å². The second-order valence-corrected chi connectivity index (χ2v) is 5.62. The van der Waals surface area contributed by atoms with Gasteiger partial charge in [0.15, 0.2) is 0 Å². The Morgan fingerprint density at radius 2 is 1.76 bits per heavy atom. The van der Waals surface area contributed by atoms with Crippen molar-refractivity contribution in [1.29, 1.82) is 0 Å². The van der Waals surface area contributed by atoms with Crippen LogP contribution in [-0.2, 0) is 4.79 Å². The molecule has 0 spiro atoms. The van der Waals surface area contributed by atoms with Crippen LogP contribution in [0.1, 0.15) is 63.9 Å². The predicted molar refractivity (Wildman–Crippen MR) is 89.0 cm³/mol. The van der Waals surface area contributed by atoms with E-state index in [-0.39, 0.29) is 5.91 Å². The van der Waals surface area contributed by atoms with E-state index < -0.39 is 0 Å². The molecule has 1 amide bonds. The average Bonchev–Trinajstić information content (AvgIpc) is 2.46. The Morgan fingerprint density at radius 1 is 1.10 bits per heavy atom. The van der Waals surface area contributed by atoms with E-state index in [9.17, 15) is 4.79 Å². The van der Waals surface area contributed by atoms with E-state index in [1.807, 2.05) is 25.1 Å². The first-order valence-corrected chi connectivity index (χ1v) is 8.12. The molecule has 0 aromatic heterocycles. The smallest absolute Gasteiger partial charge is 0.224 e. The minimum Gasteiger partial charge on any atom is -0.495 e. The highest BCUT2D eigenvalue weighted by molar-refractivity contribution is 5.92. The predicted octanol–water partition coefficient (Wildman–Crippen LogP) is 5.08. The third kappa shape index (κ3) is 7.16. The molecule has 1 rings (SSSR count). The Hall–Kier alpha value is -1.51. The topological polar surface area (TPSA) is 38.3 Å². The summed E-state index contributed by atoms with van der Waals surface area (Å²) in [5.41, 5.74) is 1.88. The summed E-state index contributed by atoms with van der Waals surface area (Å²) >= 11 is 0. The molecule has 0 fully saturated rings. The summed E-state index contributed by atoms with van der Waals surface area (Å²) < 4.78 is 5.27. The molecule has 0 aliphatic rings. The SMILES string of the molecule is CCCCCCCCCC(=O)Nc1cc(C)ccc1OC. The van der Waals surface area contributed by atoms with Gasteiger partial charge in [0.2, 0.25) is 5.91 Å². The third-order valence-electron chi connectivity index (χ3n) is 3.64. The molecule has 1 N–H and O–H groups in total. The summed E-state index contributed by atoms with van der Waals surface area (Å²) in [4.78, 5) is 12.0. The Labute approximate surface area is 129 Å². The number of methoxy groups -OCH3 is 1. The maximum Gasteiger partial charge on any atom is 0.224 e. The van der Waals surface area contributed by atoms with Gasteiger partial charge in [-0.2, -0.15) is 0 Å². The summed E-state index contributed by atoms with van der Waals surface area (Å²) in [6.45, 7) is 4.23. The van der Waals surface area contributed by atoms with Crippen molar-refractivity contribution in [3.63, 3.8) is 0 Å². The van der Waals surface area contributed by atoms with Crippen molar-refractivity contribution in [2.24, 2.45) is 0 Å². The maximum absolute atomic E-state index is 12.0. The second-order valence-electron chi connectivity index (χ2n) is 5.62. The number of hydrogen-bond acceptors (Lipinski definition) is 2. The maximum atomic E-state index is 12.0. The van der Waals surface area contributed by atoms with Crippen molar-refractivity contribution < 1.29 is 9.53 Å². The molecule has 3 heteroatoms. The normalized spacial score (nSPS) is 10.4. The zero-order chi connectivity index (χ0) is 15.5. The van der Waals surface area contributed by atoms with Crippen molar-refractivity contribution in [3.8, 4) is 5.75 Å². The lowest BCUT2D eigenvalue weighted by atomic mass is 10.1. The third-order valence-corrected chi connectivity index (χ3v) is 3.64. The zero-order valence-electron chi connectivity index (χ0n) is 13.7. The number of benzene rings is 1. The molecule has 0 unspecified atom stereocenters. The van der Waals surface area contributed by atoms with Crippen LogP contribution in [0.15, 0.2) is 18.2 Å². The highest BCUT2D eigenvalue weighted by Crippen LogP contribution is 2.25. The molecular formula is C18H29NO2. The van der Waals surface area contributed by atoms with E-state index in [4.69, 9.17) is 4.74 Å². The lowest BCUT2D eigenvalue weighted by Crippen LogP contribution is -2.12. The molecular weight excluding hydrogens is 262 g/mol. The van der Waals surface area contributed by atoms with Crippen molar-refractivity contribution in [2.45, 2.75) is 65.2 Å². The highest BCUT2D eigenvalue weighted by Gasteiger charge is 2.07. The van der Waals surface area contributed by atoms with Crippen molar-refractivity contribution in [3.05, 3.63) is 23.8 Å². The van der Waals surface area contributed by atoms with Gasteiger partial charge in [-0.25, -0.2) is 0 Å². The van der Waals surface area contributed by atoms with Crippen LogP contribution in [0.5, 0.6) is 5.75 Å². The Kier molecular flexibility index (Phi) is 8.56. The van der Waals surface area contributed by atoms with Crippen LogP contribution >= 0.6 is 0 Å². The molecule has 0 atom stereocenters. The number of unbranched alkanes of at least 4 members (excludes halogenated alkanes) is 6. The quantitative estimate of drug-likeness (QED) is 0.610. The molecule has 0 saturated heterocycles. The lowest BCUT2D eigenvalue weighted by Gasteiger charge is -2.11. The largest absolute Gasteiger partial charge is 0.495 e. The molecule has 0 saturated carbocycles. The van der Waals surface area contributed by atoms with Crippen LogP contribution < -0.4 is 10.1 Å². The van der Waals surface area contributed by atoms with Gasteiger partial charge in [-0.1, -0.05) is 51.5 Å². The van der Waals surface area contributed by atoms with E-state index >= 15 is 0 Å². The monoisotopic (exact) mass is 291 g/mol. The van der Waals surface area contributed by atoms with Crippen molar-refractivity contribution in [1.82, 2.24) is 0 Å². The van der Waals surface area contributed by atoms with Gasteiger partial charge >= 0.3 is 0 Å². The molecule has 118 valence electrons. The number of carbonyl (C=O) groups is 1. The molecule has 0 bridgehead atoms. The van der Waals surface area contributed by atoms with Crippen LogP contribution in [0.3, 0.4) is 0 Å². The van der Waals surface area contributed by atoms with Gasteiger partial charge in [0, 0.05) is 6.42 Å². The van der Waals surface area contributed by atoms with Crippen LogP contribution in [-0.4, -0.2) is 13.0 Å². The zero-order valence-corrected chi connectivity index (χ0v) is 13.7. The molecule has 21 heavy (non-hydrogen) atoms. The average molecular weight is 291 g/mol. The Morgan fingerprint density at radius 3 is 2.43 bits per heavy atom.